The molecule has 0 N–H and O–H groups in total. The van der Waals surface area contributed by atoms with Gasteiger partial charge in [-0.3, -0.25) is 0 Å². The fourth-order valence-corrected chi connectivity index (χ4v) is 2.63. The Labute approximate surface area is 116 Å². The van der Waals surface area contributed by atoms with Gasteiger partial charge in [-0.05, 0) is 36.6 Å². The minimum absolute atomic E-state index is 0.171. The van der Waals surface area contributed by atoms with Crippen LogP contribution < -0.4 is 0 Å². The van der Waals surface area contributed by atoms with Crippen LogP contribution in [0.5, 0.6) is 0 Å². The summed E-state index contributed by atoms with van der Waals surface area (Å²) in [5.41, 5.74) is 2.50. The van der Waals surface area contributed by atoms with Gasteiger partial charge in [0.05, 0.1) is 0 Å². The first-order valence-electron chi connectivity index (χ1n) is 6.88. The normalized spacial score (nSPS) is 14.8. The van der Waals surface area contributed by atoms with Crippen LogP contribution in [0.25, 0.3) is 11.2 Å². The van der Waals surface area contributed by atoms with Gasteiger partial charge in [0.25, 0.3) is 0 Å². The summed E-state index contributed by atoms with van der Waals surface area (Å²) in [7, 11) is 0. The topological polar surface area (TPSA) is 30.7 Å². The van der Waals surface area contributed by atoms with Gasteiger partial charge in [0.15, 0.2) is 5.65 Å². The third-order valence-corrected chi connectivity index (χ3v) is 3.74. The lowest BCUT2D eigenvalue weighted by Gasteiger charge is -2.07. The Bertz CT molecular complexity index is 774. The summed E-state index contributed by atoms with van der Waals surface area (Å²) in [6.45, 7) is 0. The van der Waals surface area contributed by atoms with Crippen molar-refractivity contribution in [2.45, 2.75) is 25.3 Å². The highest BCUT2D eigenvalue weighted by molar-refractivity contribution is 5.71. The van der Waals surface area contributed by atoms with Crippen LogP contribution >= 0.6 is 0 Å². The molecule has 1 aromatic carbocycles. The molecule has 0 spiro atoms. The average Bonchev–Trinajstić information content (AvgIpc) is 3.23. The number of hydrogen-bond donors (Lipinski definition) is 0. The van der Waals surface area contributed by atoms with Crippen molar-refractivity contribution in [3.63, 3.8) is 0 Å². The van der Waals surface area contributed by atoms with E-state index >= 15 is 0 Å². The summed E-state index contributed by atoms with van der Waals surface area (Å²) in [4.78, 5) is 9.08. The number of imidazole rings is 1. The minimum Gasteiger partial charge on any atom is -0.309 e. The third kappa shape index (κ3) is 1.88. The van der Waals surface area contributed by atoms with Gasteiger partial charge in [-0.1, -0.05) is 18.2 Å². The molecule has 20 heavy (non-hydrogen) atoms. The molecule has 0 atom stereocenters. The van der Waals surface area contributed by atoms with Gasteiger partial charge >= 0.3 is 0 Å². The Balaban J connectivity index is 1.83. The summed E-state index contributed by atoms with van der Waals surface area (Å²) >= 11 is 0. The standard InChI is InChI=1S/C16H14FN3/c17-13-5-2-1-4-11(13)10-15-19-14-6-3-9-18-16(14)20(15)12-7-8-12/h1-6,9,12H,7-8,10H2. The summed E-state index contributed by atoms with van der Waals surface area (Å²) in [6.07, 6.45) is 4.62. The minimum atomic E-state index is -0.171. The van der Waals surface area contributed by atoms with Crippen LogP contribution in [0.15, 0.2) is 42.6 Å². The average molecular weight is 267 g/mol. The first kappa shape index (κ1) is 11.6. The van der Waals surface area contributed by atoms with Crippen molar-refractivity contribution in [1.82, 2.24) is 14.5 Å². The van der Waals surface area contributed by atoms with Crippen LogP contribution in [-0.4, -0.2) is 14.5 Å². The summed E-state index contributed by atoms with van der Waals surface area (Å²) < 4.78 is 16.0. The number of nitrogens with zero attached hydrogens (tertiary/aromatic N) is 3. The lowest BCUT2D eigenvalue weighted by Crippen LogP contribution is -2.04. The Morgan fingerprint density at radius 3 is 2.80 bits per heavy atom. The quantitative estimate of drug-likeness (QED) is 0.727. The molecular formula is C16H14FN3. The van der Waals surface area contributed by atoms with Gasteiger partial charge in [-0.25, -0.2) is 14.4 Å². The van der Waals surface area contributed by atoms with E-state index in [1.807, 2.05) is 24.3 Å². The maximum Gasteiger partial charge on any atom is 0.160 e. The number of halogens is 1. The van der Waals surface area contributed by atoms with E-state index < -0.39 is 0 Å². The first-order valence-corrected chi connectivity index (χ1v) is 6.88. The number of benzene rings is 1. The Kier molecular flexibility index (Phi) is 2.55. The predicted octanol–water partition coefficient (Wildman–Crippen LogP) is 3.50. The zero-order valence-electron chi connectivity index (χ0n) is 11.0. The predicted molar refractivity (Wildman–Crippen MR) is 75.0 cm³/mol. The molecule has 3 aromatic rings. The molecule has 0 bridgehead atoms. The van der Waals surface area contributed by atoms with E-state index in [-0.39, 0.29) is 5.82 Å². The number of fused-ring (bicyclic) bond motifs is 1. The van der Waals surface area contributed by atoms with Crippen molar-refractivity contribution in [1.29, 1.82) is 0 Å². The largest absolute Gasteiger partial charge is 0.309 e. The van der Waals surface area contributed by atoms with E-state index in [9.17, 15) is 4.39 Å². The molecule has 1 aliphatic carbocycles. The molecule has 0 saturated heterocycles. The Hall–Kier alpha value is -2.23. The lowest BCUT2D eigenvalue weighted by molar-refractivity contribution is 0.607. The van der Waals surface area contributed by atoms with E-state index in [1.54, 1.807) is 12.3 Å². The van der Waals surface area contributed by atoms with E-state index in [2.05, 4.69) is 14.5 Å². The van der Waals surface area contributed by atoms with Gasteiger partial charge in [-0.15, -0.1) is 0 Å². The van der Waals surface area contributed by atoms with Crippen LogP contribution in [0.4, 0.5) is 4.39 Å². The molecule has 3 nitrogen and oxygen atoms in total. The van der Waals surface area contributed by atoms with Crippen LogP contribution in [0.2, 0.25) is 0 Å². The molecule has 1 fully saturated rings. The highest BCUT2D eigenvalue weighted by atomic mass is 19.1. The number of aromatic nitrogens is 3. The highest BCUT2D eigenvalue weighted by Crippen LogP contribution is 2.38. The number of rotatable bonds is 3. The van der Waals surface area contributed by atoms with Crippen LogP contribution in [-0.2, 0) is 6.42 Å². The summed E-state index contributed by atoms with van der Waals surface area (Å²) in [5.74, 6) is 0.737. The third-order valence-electron chi connectivity index (χ3n) is 3.74. The first-order chi connectivity index (χ1) is 9.83. The monoisotopic (exact) mass is 267 g/mol. The van der Waals surface area contributed by atoms with Crippen molar-refractivity contribution in [2.75, 3.05) is 0 Å². The lowest BCUT2D eigenvalue weighted by atomic mass is 10.1. The molecule has 2 heterocycles. The maximum atomic E-state index is 13.8. The van der Waals surface area contributed by atoms with E-state index in [0.29, 0.717) is 18.0 Å². The van der Waals surface area contributed by atoms with Crippen molar-refractivity contribution in [3.8, 4) is 0 Å². The molecule has 100 valence electrons. The molecule has 1 aliphatic rings. The van der Waals surface area contributed by atoms with Gasteiger partial charge in [-0.2, -0.15) is 0 Å². The van der Waals surface area contributed by atoms with Crippen molar-refractivity contribution >= 4 is 11.2 Å². The van der Waals surface area contributed by atoms with Crippen LogP contribution in [0.3, 0.4) is 0 Å². The van der Waals surface area contributed by atoms with Crippen LogP contribution in [0.1, 0.15) is 30.3 Å². The molecule has 0 unspecified atom stereocenters. The van der Waals surface area contributed by atoms with Crippen molar-refractivity contribution < 1.29 is 4.39 Å². The van der Waals surface area contributed by atoms with Gasteiger partial charge in [0.1, 0.15) is 17.2 Å². The van der Waals surface area contributed by atoms with E-state index in [1.165, 1.54) is 6.07 Å². The van der Waals surface area contributed by atoms with Gasteiger partial charge in [0.2, 0.25) is 0 Å². The zero-order valence-corrected chi connectivity index (χ0v) is 11.0. The Morgan fingerprint density at radius 1 is 1.15 bits per heavy atom. The zero-order chi connectivity index (χ0) is 13.5. The Morgan fingerprint density at radius 2 is 2.00 bits per heavy atom. The summed E-state index contributed by atoms with van der Waals surface area (Å²) in [5, 5.41) is 0. The second-order valence-electron chi connectivity index (χ2n) is 5.24. The fourth-order valence-electron chi connectivity index (χ4n) is 2.63. The molecule has 4 heteroatoms. The van der Waals surface area contributed by atoms with Gasteiger partial charge in [0, 0.05) is 18.7 Å². The molecular weight excluding hydrogens is 253 g/mol. The maximum absolute atomic E-state index is 13.8. The second-order valence-corrected chi connectivity index (χ2v) is 5.24. The highest BCUT2D eigenvalue weighted by Gasteiger charge is 2.28. The summed E-state index contributed by atoms with van der Waals surface area (Å²) in [6, 6.07) is 11.2. The molecule has 0 aliphatic heterocycles. The van der Waals surface area contributed by atoms with Crippen molar-refractivity contribution in [3.05, 3.63) is 59.8 Å². The van der Waals surface area contributed by atoms with Gasteiger partial charge < -0.3 is 4.57 Å². The molecule has 1 saturated carbocycles. The number of pyridine rings is 1. The molecule has 0 amide bonds. The smallest absolute Gasteiger partial charge is 0.160 e. The molecule has 0 radical (unpaired) electrons. The number of hydrogen-bond acceptors (Lipinski definition) is 2. The molecule has 2 aromatic heterocycles. The fraction of sp³-hybridized carbons (Fsp3) is 0.250. The SMILES string of the molecule is Fc1ccccc1Cc1nc2cccnc2n1C1CC1. The van der Waals surface area contributed by atoms with E-state index in [4.69, 9.17) is 0 Å². The van der Waals surface area contributed by atoms with Crippen LogP contribution in [0, 0.1) is 5.82 Å². The molecule has 4 rings (SSSR count). The second kappa shape index (κ2) is 4.40. The van der Waals surface area contributed by atoms with E-state index in [0.717, 1.165) is 29.8 Å². The van der Waals surface area contributed by atoms with Crippen molar-refractivity contribution in [2.24, 2.45) is 0 Å².